The minimum absolute atomic E-state index is 0.399. The van der Waals surface area contributed by atoms with Crippen LogP contribution in [0.3, 0.4) is 0 Å². The number of carbonyl (C=O) groups excluding carboxylic acids is 2. The fourth-order valence-electron chi connectivity index (χ4n) is 2.28. The Morgan fingerprint density at radius 2 is 1.68 bits per heavy atom. The summed E-state index contributed by atoms with van der Waals surface area (Å²) in [5.41, 5.74) is 1.21. The molecule has 1 rings (SSSR count). The largest absolute Gasteiger partial charge is 0.424 e. The Morgan fingerprint density at radius 3 is 2.28 bits per heavy atom. The average molecular weight is 370 g/mol. The number of aryl methyl sites for hydroxylation is 1. The molecule has 25 heavy (non-hydrogen) atoms. The van der Waals surface area contributed by atoms with E-state index in [1.165, 1.54) is 51.1 Å². The topological polar surface area (TPSA) is 58.6 Å². The quantitative estimate of drug-likeness (QED) is 0.237. The van der Waals surface area contributed by atoms with E-state index in [9.17, 15) is 14.0 Å². The number of hydrogen-bond acceptors (Lipinski definition) is 4. The van der Waals surface area contributed by atoms with E-state index in [2.05, 4.69) is 11.6 Å². The molecule has 7 heteroatoms. The third-order valence-electron chi connectivity index (χ3n) is 3.72. The summed E-state index contributed by atoms with van der Waals surface area (Å²) in [6.07, 6.45) is 7.53. The van der Waals surface area contributed by atoms with Crippen molar-refractivity contribution in [2.45, 2.75) is 58.3 Å². The second-order valence-corrected chi connectivity index (χ2v) is 6.78. The van der Waals surface area contributed by atoms with Crippen LogP contribution in [0.5, 0.6) is 5.75 Å². The Morgan fingerprint density at radius 1 is 1.08 bits per heavy atom. The van der Waals surface area contributed by atoms with Crippen molar-refractivity contribution < 1.29 is 18.7 Å². The number of hydrogen-bond donors (Lipinski definition) is 1. The molecule has 2 amide bonds. The van der Waals surface area contributed by atoms with Crippen molar-refractivity contribution >= 4 is 24.4 Å². The van der Waals surface area contributed by atoms with Crippen LogP contribution in [0.4, 0.5) is 14.0 Å². The fraction of sp³-hybridized carbons (Fsp3) is 0.556. The van der Waals surface area contributed by atoms with Crippen LogP contribution in [0.15, 0.2) is 24.3 Å². The molecule has 0 aliphatic rings. The number of halogens is 1. The van der Waals surface area contributed by atoms with Crippen molar-refractivity contribution in [1.82, 2.24) is 9.03 Å². The maximum Gasteiger partial charge on any atom is 0.424 e. The van der Waals surface area contributed by atoms with E-state index in [1.54, 1.807) is 12.1 Å². The summed E-state index contributed by atoms with van der Waals surface area (Å²) < 4.78 is 20.2. The van der Waals surface area contributed by atoms with Gasteiger partial charge in [-0.05, 0) is 30.5 Å². The summed E-state index contributed by atoms with van der Waals surface area (Å²) in [5.74, 6) is 0.399. The van der Waals surface area contributed by atoms with Crippen LogP contribution in [0.2, 0.25) is 0 Å². The Kier molecular flexibility index (Phi) is 10.7. The van der Waals surface area contributed by atoms with E-state index in [4.69, 9.17) is 4.74 Å². The van der Waals surface area contributed by atoms with Gasteiger partial charge in [-0.3, -0.25) is 0 Å². The van der Waals surface area contributed by atoms with Crippen molar-refractivity contribution in [3.05, 3.63) is 29.8 Å². The Labute approximate surface area is 153 Å². The molecule has 0 aliphatic heterocycles. The van der Waals surface area contributed by atoms with Gasteiger partial charge in [0.25, 0.3) is 0 Å². The number of carbonyl (C=O) groups is 2. The number of rotatable bonds is 11. The first kappa shape index (κ1) is 21.3. The van der Waals surface area contributed by atoms with Gasteiger partial charge in [0, 0.05) is 7.05 Å². The Bertz CT molecular complexity index is 526. The van der Waals surface area contributed by atoms with Crippen molar-refractivity contribution in [2.24, 2.45) is 0 Å². The molecule has 0 heterocycles. The molecule has 1 aromatic rings. The summed E-state index contributed by atoms with van der Waals surface area (Å²) in [6.45, 7) is 2.22. The molecule has 0 aromatic heterocycles. The highest BCUT2D eigenvalue weighted by molar-refractivity contribution is 7.96. The molecule has 0 bridgehead atoms. The predicted octanol–water partition coefficient (Wildman–Crippen LogP) is 5.65. The molecular formula is C18H27FN2O3S. The molecule has 0 aliphatic carbocycles. The number of benzene rings is 1. The summed E-state index contributed by atoms with van der Waals surface area (Å²) >= 11 is 0.520. The highest BCUT2D eigenvalue weighted by Gasteiger charge is 2.11. The lowest BCUT2D eigenvalue weighted by molar-refractivity contribution is 0.206. The van der Waals surface area contributed by atoms with E-state index >= 15 is 0 Å². The van der Waals surface area contributed by atoms with Crippen LogP contribution in [0.25, 0.3) is 0 Å². The van der Waals surface area contributed by atoms with Gasteiger partial charge in [0.05, 0.1) is 12.1 Å². The number of nitrogens with zero attached hydrogens (tertiary/aromatic N) is 1. The normalized spacial score (nSPS) is 10.4. The lowest BCUT2D eigenvalue weighted by atomic mass is 10.0. The average Bonchev–Trinajstić information content (AvgIpc) is 2.60. The van der Waals surface area contributed by atoms with Gasteiger partial charge in [-0.2, -0.15) is 0 Å². The third kappa shape index (κ3) is 9.96. The van der Waals surface area contributed by atoms with Gasteiger partial charge in [0.2, 0.25) is 0 Å². The predicted molar refractivity (Wildman–Crippen MR) is 99.2 cm³/mol. The molecular weight excluding hydrogens is 343 g/mol. The molecule has 0 saturated heterocycles. The Balaban J connectivity index is 2.22. The van der Waals surface area contributed by atoms with E-state index in [0.717, 1.165) is 12.8 Å². The second-order valence-electron chi connectivity index (χ2n) is 5.85. The van der Waals surface area contributed by atoms with Gasteiger partial charge in [-0.15, -0.1) is 4.39 Å². The molecule has 5 nitrogen and oxygen atoms in total. The molecule has 1 N–H and O–H groups in total. The summed E-state index contributed by atoms with van der Waals surface area (Å²) in [7, 11) is 1.20. The monoisotopic (exact) mass is 370 g/mol. The maximum absolute atomic E-state index is 12.3. The Hall–Kier alpha value is -1.76. The van der Waals surface area contributed by atoms with E-state index < -0.39 is 12.3 Å². The molecule has 0 spiro atoms. The van der Waals surface area contributed by atoms with E-state index in [1.807, 2.05) is 12.1 Å². The highest BCUT2D eigenvalue weighted by Crippen LogP contribution is 2.16. The van der Waals surface area contributed by atoms with Crippen molar-refractivity contribution in [1.29, 1.82) is 0 Å². The second kappa shape index (κ2) is 12.6. The molecule has 0 unspecified atom stereocenters. The summed E-state index contributed by atoms with van der Waals surface area (Å²) in [5, 5.41) is 0. The maximum atomic E-state index is 12.3. The van der Waals surface area contributed by atoms with Crippen LogP contribution >= 0.6 is 12.1 Å². The summed E-state index contributed by atoms with van der Waals surface area (Å²) in [4.78, 5) is 21.9. The van der Waals surface area contributed by atoms with Crippen LogP contribution in [0, 0.1) is 0 Å². The van der Waals surface area contributed by atoms with Gasteiger partial charge in [-0.25, -0.2) is 18.6 Å². The van der Waals surface area contributed by atoms with E-state index in [-0.39, 0.29) is 0 Å². The van der Waals surface area contributed by atoms with Gasteiger partial charge < -0.3 is 4.74 Å². The first-order chi connectivity index (χ1) is 12.0. The van der Waals surface area contributed by atoms with Crippen LogP contribution in [0.1, 0.15) is 57.4 Å². The molecule has 0 radical (unpaired) electrons. The van der Waals surface area contributed by atoms with Gasteiger partial charge >= 0.3 is 12.3 Å². The van der Waals surface area contributed by atoms with Gasteiger partial charge in [0.15, 0.2) is 0 Å². The summed E-state index contributed by atoms with van der Waals surface area (Å²) in [6, 6.07) is 7.32. The number of ether oxygens (including phenoxy) is 1. The van der Waals surface area contributed by atoms with Crippen molar-refractivity contribution in [3.8, 4) is 5.75 Å². The minimum atomic E-state index is -1.65. The molecule has 140 valence electrons. The lowest BCUT2D eigenvalue weighted by Gasteiger charge is -2.11. The lowest BCUT2D eigenvalue weighted by Crippen LogP contribution is -2.26. The molecule has 0 atom stereocenters. The molecule has 1 aromatic carbocycles. The van der Waals surface area contributed by atoms with Crippen LogP contribution < -0.4 is 9.46 Å². The van der Waals surface area contributed by atoms with Crippen LogP contribution in [-0.4, -0.2) is 23.6 Å². The fourth-order valence-corrected chi connectivity index (χ4v) is 2.60. The minimum Gasteiger partial charge on any atom is -0.410 e. The number of amides is 2. The van der Waals surface area contributed by atoms with Gasteiger partial charge in [-0.1, -0.05) is 57.6 Å². The smallest absolute Gasteiger partial charge is 0.410 e. The first-order valence-electron chi connectivity index (χ1n) is 8.70. The van der Waals surface area contributed by atoms with E-state index in [0.29, 0.717) is 22.2 Å². The zero-order valence-corrected chi connectivity index (χ0v) is 15.7. The highest BCUT2D eigenvalue weighted by atomic mass is 32.2. The SMILES string of the molecule is CCCCCCCCCc1ccc(OC(=O)NSN(C)C(=O)F)cc1. The third-order valence-corrected chi connectivity index (χ3v) is 4.39. The zero-order chi connectivity index (χ0) is 18.5. The van der Waals surface area contributed by atoms with Crippen LogP contribution in [-0.2, 0) is 6.42 Å². The number of nitrogens with one attached hydrogen (secondary N) is 1. The van der Waals surface area contributed by atoms with Crippen molar-refractivity contribution in [3.63, 3.8) is 0 Å². The number of unbranched alkanes of at least 4 members (excludes halogenated alkanes) is 6. The molecule has 0 saturated carbocycles. The molecule has 0 fully saturated rings. The van der Waals surface area contributed by atoms with Crippen molar-refractivity contribution in [2.75, 3.05) is 7.05 Å². The zero-order valence-electron chi connectivity index (χ0n) is 14.9. The standard InChI is InChI=1S/C18H27FN2O3S/c1-3-4-5-6-7-8-9-10-15-11-13-16(14-12-15)24-18(23)20-25-21(2)17(19)22/h11-14H,3-10H2,1-2H3,(H,20,23). The first-order valence-corrected chi connectivity index (χ1v) is 9.47. The van der Waals surface area contributed by atoms with Gasteiger partial charge in [0.1, 0.15) is 5.75 Å².